The van der Waals surface area contributed by atoms with Gasteiger partial charge in [0.15, 0.2) is 0 Å². The van der Waals surface area contributed by atoms with Crippen molar-refractivity contribution in [3.05, 3.63) is 52.6 Å². The van der Waals surface area contributed by atoms with E-state index in [1.165, 1.54) is 25.3 Å². The number of nitrogens with zero attached hydrogens (tertiary/aromatic N) is 3. The molecule has 1 heterocycles. The number of piperazine rings is 1. The van der Waals surface area contributed by atoms with Crippen LogP contribution in [0.3, 0.4) is 0 Å². The third kappa shape index (κ3) is 5.62. The molecule has 0 spiro atoms. The highest BCUT2D eigenvalue weighted by Gasteiger charge is 2.34. The van der Waals surface area contributed by atoms with Crippen LogP contribution in [0.4, 0.5) is 16.2 Å². The Bertz CT molecular complexity index is 890. The van der Waals surface area contributed by atoms with Crippen molar-refractivity contribution in [3.8, 4) is 0 Å². The lowest BCUT2D eigenvalue weighted by atomic mass is 10.0. The number of carbonyl (C=O) groups excluding carboxylic acids is 2. The summed E-state index contributed by atoms with van der Waals surface area (Å²) >= 11 is 0. The first-order valence-electron chi connectivity index (χ1n) is 9.91. The second-order valence-corrected chi connectivity index (χ2v) is 8.18. The molecule has 0 aliphatic carbocycles. The van der Waals surface area contributed by atoms with Gasteiger partial charge in [0.05, 0.1) is 18.1 Å². The van der Waals surface area contributed by atoms with Crippen LogP contribution in [0.5, 0.6) is 0 Å². The van der Waals surface area contributed by atoms with Crippen LogP contribution in [-0.2, 0) is 9.47 Å². The molecule has 1 amide bonds. The number of carbonyl (C=O) groups is 2. The third-order valence-electron chi connectivity index (χ3n) is 4.85. The molecule has 1 aliphatic rings. The Kier molecular flexibility index (Phi) is 7.43. The minimum Gasteiger partial charge on any atom is -0.465 e. The smallest absolute Gasteiger partial charge is 0.410 e. The van der Waals surface area contributed by atoms with E-state index in [-0.39, 0.29) is 17.3 Å². The van der Waals surface area contributed by atoms with E-state index in [0.717, 1.165) is 0 Å². The van der Waals surface area contributed by atoms with Gasteiger partial charge in [0.2, 0.25) is 0 Å². The maximum absolute atomic E-state index is 12.5. The van der Waals surface area contributed by atoms with E-state index >= 15 is 0 Å². The van der Waals surface area contributed by atoms with Crippen LogP contribution >= 0.6 is 0 Å². The van der Waals surface area contributed by atoms with E-state index in [0.29, 0.717) is 37.3 Å². The minimum atomic E-state index is -0.795. The number of esters is 1. The van der Waals surface area contributed by atoms with E-state index in [9.17, 15) is 19.7 Å². The summed E-state index contributed by atoms with van der Waals surface area (Å²) in [5.41, 5.74) is 0.0281. The largest absolute Gasteiger partial charge is 0.465 e. The summed E-state index contributed by atoms with van der Waals surface area (Å²) in [5, 5.41) is 11.5. The zero-order valence-electron chi connectivity index (χ0n) is 18.4. The molecule has 1 unspecified atom stereocenters. The number of hydrogen-bond acceptors (Lipinski definition) is 7. The standard InChI is InChI=1S/C22H29N3O6/c1-7-9-16-14-23(21(27)31-22(3,4)5)10-11-24(16)18-13-17(20(26)30-6)19(25(28)29)12-15(18)8-2/h7-8,12-13,16H,1-2,9-11,14H2,3-6H3. The van der Waals surface area contributed by atoms with Crippen molar-refractivity contribution in [1.29, 1.82) is 0 Å². The molecule has 31 heavy (non-hydrogen) atoms. The molecule has 0 N–H and O–H groups in total. The van der Waals surface area contributed by atoms with Crippen LogP contribution < -0.4 is 4.90 Å². The first-order chi connectivity index (χ1) is 14.5. The molecule has 1 fully saturated rings. The van der Waals surface area contributed by atoms with Crippen LogP contribution in [0, 0.1) is 10.1 Å². The number of benzene rings is 1. The van der Waals surface area contributed by atoms with Gasteiger partial charge >= 0.3 is 12.1 Å². The molecule has 1 aromatic rings. The van der Waals surface area contributed by atoms with Crippen molar-refractivity contribution in [2.75, 3.05) is 31.6 Å². The molecule has 0 bridgehead atoms. The molecule has 0 radical (unpaired) electrons. The lowest BCUT2D eigenvalue weighted by Gasteiger charge is -2.43. The van der Waals surface area contributed by atoms with Gasteiger partial charge in [0, 0.05) is 37.0 Å². The Morgan fingerprint density at radius 1 is 1.29 bits per heavy atom. The van der Waals surface area contributed by atoms with E-state index in [2.05, 4.69) is 13.2 Å². The zero-order chi connectivity index (χ0) is 23.3. The summed E-state index contributed by atoms with van der Waals surface area (Å²) in [5.74, 6) is -0.795. The van der Waals surface area contributed by atoms with Crippen LogP contribution in [-0.4, -0.2) is 60.3 Å². The highest BCUT2D eigenvalue weighted by atomic mass is 16.6. The Hall–Kier alpha value is -3.36. The molecule has 0 saturated carbocycles. The zero-order valence-corrected chi connectivity index (χ0v) is 18.4. The van der Waals surface area contributed by atoms with Crippen molar-refractivity contribution >= 4 is 29.5 Å². The van der Waals surface area contributed by atoms with Crippen molar-refractivity contribution in [2.45, 2.75) is 38.8 Å². The van der Waals surface area contributed by atoms with Gasteiger partial charge in [-0.15, -0.1) is 6.58 Å². The summed E-state index contributed by atoms with van der Waals surface area (Å²) in [4.78, 5) is 39.2. The number of ether oxygens (including phenoxy) is 2. The topological polar surface area (TPSA) is 102 Å². The average Bonchev–Trinajstić information content (AvgIpc) is 2.71. The number of rotatable bonds is 6. The van der Waals surface area contributed by atoms with E-state index in [1.54, 1.807) is 11.0 Å². The molecule has 0 aromatic heterocycles. The van der Waals surface area contributed by atoms with Crippen LogP contribution in [0.15, 0.2) is 31.4 Å². The first kappa shape index (κ1) is 23.9. The molecule has 1 atom stereocenters. The molecule has 2 rings (SSSR count). The van der Waals surface area contributed by atoms with Gasteiger partial charge in [-0.05, 0) is 33.3 Å². The normalized spacial score (nSPS) is 16.5. The van der Waals surface area contributed by atoms with Gasteiger partial charge in [-0.25, -0.2) is 9.59 Å². The molecular weight excluding hydrogens is 402 g/mol. The SMILES string of the molecule is C=CCC1CN(C(=O)OC(C)(C)C)CCN1c1cc(C(=O)OC)c([N+](=O)[O-])cc1C=C. The number of nitro groups is 1. The van der Waals surface area contributed by atoms with Crippen molar-refractivity contribution < 1.29 is 24.0 Å². The van der Waals surface area contributed by atoms with E-state index in [4.69, 9.17) is 9.47 Å². The highest BCUT2D eigenvalue weighted by Crippen LogP contribution is 2.34. The molecule has 1 saturated heterocycles. The minimum absolute atomic E-state index is 0.139. The van der Waals surface area contributed by atoms with Crippen molar-refractivity contribution in [2.24, 2.45) is 0 Å². The van der Waals surface area contributed by atoms with E-state index < -0.39 is 22.6 Å². The fraction of sp³-hybridized carbons (Fsp3) is 0.455. The molecule has 1 aliphatic heterocycles. The third-order valence-corrected chi connectivity index (χ3v) is 4.85. The summed E-state index contributed by atoms with van der Waals surface area (Å²) < 4.78 is 10.2. The maximum Gasteiger partial charge on any atom is 0.410 e. The molecule has 1 aromatic carbocycles. The summed E-state index contributed by atoms with van der Waals surface area (Å²) in [6.07, 6.45) is 3.41. The van der Waals surface area contributed by atoms with E-state index in [1.807, 2.05) is 25.7 Å². The van der Waals surface area contributed by atoms with Gasteiger partial charge in [0.1, 0.15) is 11.2 Å². The fourth-order valence-electron chi connectivity index (χ4n) is 3.49. The maximum atomic E-state index is 12.5. The van der Waals surface area contributed by atoms with Gasteiger partial charge in [-0.2, -0.15) is 0 Å². The molecule has 168 valence electrons. The Balaban J connectivity index is 2.45. The number of nitro benzene ring substituents is 1. The second kappa shape index (κ2) is 9.63. The predicted molar refractivity (Wildman–Crippen MR) is 118 cm³/mol. The van der Waals surface area contributed by atoms with Crippen LogP contribution in [0.1, 0.15) is 43.1 Å². The lowest BCUT2D eigenvalue weighted by Crippen LogP contribution is -2.55. The first-order valence-corrected chi connectivity index (χ1v) is 9.91. The Labute approximate surface area is 182 Å². The Morgan fingerprint density at radius 2 is 1.97 bits per heavy atom. The molecule has 9 heteroatoms. The summed E-state index contributed by atoms with van der Waals surface area (Å²) in [6, 6.07) is 2.62. The lowest BCUT2D eigenvalue weighted by molar-refractivity contribution is -0.385. The second-order valence-electron chi connectivity index (χ2n) is 8.18. The Morgan fingerprint density at radius 3 is 2.48 bits per heavy atom. The van der Waals surface area contributed by atoms with Gasteiger partial charge in [-0.1, -0.05) is 18.7 Å². The van der Waals surface area contributed by atoms with Gasteiger partial charge in [-0.3, -0.25) is 10.1 Å². The molecule has 9 nitrogen and oxygen atoms in total. The average molecular weight is 431 g/mol. The number of methoxy groups -OCH3 is 1. The van der Waals surface area contributed by atoms with Crippen molar-refractivity contribution in [3.63, 3.8) is 0 Å². The highest BCUT2D eigenvalue weighted by molar-refractivity contribution is 5.96. The quantitative estimate of drug-likeness (QED) is 0.290. The molecular formula is C22H29N3O6. The van der Waals surface area contributed by atoms with Crippen LogP contribution in [0.2, 0.25) is 0 Å². The monoisotopic (exact) mass is 431 g/mol. The van der Waals surface area contributed by atoms with Crippen LogP contribution in [0.25, 0.3) is 6.08 Å². The number of anilines is 1. The van der Waals surface area contributed by atoms with Gasteiger partial charge in [0.25, 0.3) is 5.69 Å². The fourth-order valence-corrected chi connectivity index (χ4v) is 3.49. The number of amides is 1. The number of hydrogen-bond donors (Lipinski definition) is 0. The van der Waals surface area contributed by atoms with Gasteiger partial charge < -0.3 is 19.3 Å². The summed E-state index contributed by atoms with van der Waals surface area (Å²) in [7, 11) is 1.17. The van der Waals surface area contributed by atoms with Crippen molar-refractivity contribution in [1.82, 2.24) is 4.90 Å². The predicted octanol–water partition coefficient (Wildman–Crippen LogP) is 4.03. The summed E-state index contributed by atoms with van der Waals surface area (Å²) in [6.45, 7) is 14.2.